The van der Waals surface area contributed by atoms with Crippen molar-refractivity contribution in [2.75, 3.05) is 44.5 Å². The van der Waals surface area contributed by atoms with Crippen molar-refractivity contribution in [2.24, 2.45) is 5.73 Å². The van der Waals surface area contributed by atoms with Gasteiger partial charge < -0.3 is 35.6 Å². The molecule has 0 heterocycles. The van der Waals surface area contributed by atoms with E-state index in [4.69, 9.17) is 15.2 Å². The number of hydrogen-bond donors (Lipinski definition) is 3. The van der Waals surface area contributed by atoms with Crippen LogP contribution >= 0.6 is 0 Å². The molecular weight excluding hydrogens is 626 g/mol. The molecule has 1 aliphatic rings. The number of amides is 4. The fourth-order valence-corrected chi connectivity index (χ4v) is 6.61. The number of nitrogens with two attached hydrogens (primary N) is 1. The minimum atomic E-state index is -0.250. The molecule has 4 aromatic rings. The van der Waals surface area contributed by atoms with Crippen LogP contribution in [0.2, 0.25) is 0 Å². The van der Waals surface area contributed by atoms with Gasteiger partial charge in [-0.3, -0.25) is 0 Å². The third-order valence-electron chi connectivity index (χ3n) is 9.31. The lowest BCUT2D eigenvalue weighted by Gasteiger charge is -2.39. The van der Waals surface area contributed by atoms with E-state index in [1.807, 2.05) is 84.9 Å². The predicted molar refractivity (Wildman–Crippen MR) is 201 cm³/mol. The number of hydrogen-bond acceptors (Lipinski definition) is 5. The Morgan fingerprint density at radius 2 is 1.24 bits per heavy atom. The van der Waals surface area contributed by atoms with Gasteiger partial charge in [0.05, 0.1) is 14.2 Å². The van der Waals surface area contributed by atoms with Crippen LogP contribution in [0.4, 0.5) is 21.0 Å². The predicted octanol–water partition coefficient (Wildman–Crippen LogP) is 8.12. The Morgan fingerprint density at radius 3 is 1.74 bits per heavy atom. The molecule has 50 heavy (non-hydrogen) atoms. The number of carbonyl (C=O) groups is 2. The number of anilines is 2. The minimum absolute atomic E-state index is 0.0777. The Balaban J connectivity index is 1.36. The normalized spacial score (nSPS) is 15.5. The highest BCUT2D eigenvalue weighted by atomic mass is 16.5. The molecule has 262 valence electrons. The van der Waals surface area contributed by atoms with E-state index < -0.39 is 0 Å². The number of nitrogens with one attached hydrogen (secondary N) is 2. The van der Waals surface area contributed by atoms with Crippen molar-refractivity contribution in [1.82, 2.24) is 9.80 Å². The van der Waals surface area contributed by atoms with Gasteiger partial charge in [0.25, 0.3) is 0 Å². The minimum Gasteiger partial charge on any atom is -0.497 e. The maximum Gasteiger partial charge on any atom is 0.322 e. The molecule has 0 radical (unpaired) electrons. The Morgan fingerprint density at radius 1 is 0.740 bits per heavy atom. The van der Waals surface area contributed by atoms with E-state index in [1.165, 1.54) is 11.1 Å². The van der Waals surface area contributed by atoms with E-state index in [0.29, 0.717) is 35.8 Å². The lowest BCUT2D eigenvalue weighted by atomic mass is 9.88. The van der Waals surface area contributed by atoms with Crippen LogP contribution in [0.3, 0.4) is 0 Å². The lowest BCUT2D eigenvalue weighted by molar-refractivity contribution is 0.160. The van der Waals surface area contributed by atoms with Gasteiger partial charge in [-0.2, -0.15) is 0 Å². The topological polar surface area (TPSA) is 109 Å². The number of methoxy groups -OCH3 is 2. The van der Waals surface area contributed by atoms with Gasteiger partial charge in [0, 0.05) is 49.0 Å². The SMILES string of the molecule is C=C(CN(CCC(c1ccccc1)c1ccccc1)C(=O)Nc1ccc(OC)cc1)CN(C(=O)Nc1ccc(OC)cc1)[C@@H]1CCCC[C@@H]1N. The zero-order chi connectivity index (χ0) is 35.3. The summed E-state index contributed by atoms with van der Waals surface area (Å²) in [7, 11) is 3.22. The van der Waals surface area contributed by atoms with E-state index in [2.05, 4.69) is 41.5 Å². The van der Waals surface area contributed by atoms with E-state index in [0.717, 1.165) is 31.3 Å². The standard InChI is InChI=1S/C41H49N5O4/c1-30(29-46(39-17-11-10-16-38(39)42)41(48)44-34-20-24-36(50-3)25-21-34)28-45(40(47)43-33-18-22-35(49-2)23-19-33)27-26-37(31-12-6-4-7-13-31)32-14-8-5-9-15-32/h4-9,12-15,18-25,37-39H,1,10-11,16-17,26-29,42H2,2-3H3,(H,43,47)(H,44,48)/t38-,39+/m0/s1. The van der Waals surface area contributed by atoms with E-state index >= 15 is 0 Å². The van der Waals surface area contributed by atoms with Crippen LogP contribution in [-0.4, -0.2) is 67.8 Å². The van der Waals surface area contributed by atoms with Gasteiger partial charge in [-0.1, -0.05) is 80.1 Å². The van der Waals surface area contributed by atoms with E-state index in [9.17, 15) is 9.59 Å². The van der Waals surface area contributed by atoms with Gasteiger partial charge in [-0.15, -0.1) is 0 Å². The lowest BCUT2D eigenvalue weighted by Crippen LogP contribution is -2.54. The molecule has 9 heteroatoms. The van der Waals surface area contributed by atoms with Gasteiger partial charge in [-0.05, 0) is 84.5 Å². The molecule has 0 aliphatic heterocycles. The zero-order valence-electron chi connectivity index (χ0n) is 29.1. The number of rotatable bonds is 14. The largest absolute Gasteiger partial charge is 0.497 e. The van der Waals surface area contributed by atoms with E-state index in [1.54, 1.807) is 24.0 Å². The average Bonchev–Trinajstić information content (AvgIpc) is 3.15. The van der Waals surface area contributed by atoms with Gasteiger partial charge >= 0.3 is 12.1 Å². The van der Waals surface area contributed by atoms with Crippen molar-refractivity contribution in [2.45, 2.75) is 50.1 Å². The van der Waals surface area contributed by atoms with Crippen LogP contribution in [0, 0.1) is 0 Å². The summed E-state index contributed by atoms with van der Waals surface area (Å²) >= 11 is 0. The smallest absolute Gasteiger partial charge is 0.322 e. The summed E-state index contributed by atoms with van der Waals surface area (Å²) < 4.78 is 10.6. The molecule has 4 N–H and O–H groups in total. The number of benzene rings is 4. The fraction of sp³-hybridized carbons (Fsp3) is 0.317. The van der Waals surface area contributed by atoms with Crippen molar-refractivity contribution in [3.8, 4) is 11.5 Å². The van der Waals surface area contributed by atoms with E-state index in [-0.39, 0.29) is 43.2 Å². The monoisotopic (exact) mass is 675 g/mol. The Hall–Kier alpha value is -5.28. The molecule has 4 amide bonds. The molecule has 1 aliphatic carbocycles. The molecule has 4 aromatic carbocycles. The van der Waals surface area contributed by atoms with Crippen LogP contribution in [0.15, 0.2) is 121 Å². The first-order chi connectivity index (χ1) is 24.3. The molecule has 1 fully saturated rings. The molecule has 0 aromatic heterocycles. The second-order valence-corrected chi connectivity index (χ2v) is 12.8. The van der Waals surface area contributed by atoms with Crippen LogP contribution in [0.25, 0.3) is 0 Å². The van der Waals surface area contributed by atoms with Crippen molar-refractivity contribution < 1.29 is 19.1 Å². The summed E-state index contributed by atoms with van der Waals surface area (Å²) in [5, 5.41) is 6.10. The molecule has 0 spiro atoms. The first-order valence-corrected chi connectivity index (χ1v) is 17.3. The second-order valence-electron chi connectivity index (χ2n) is 12.8. The molecule has 0 saturated heterocycles. The molecule has 0 unspecified atom stereocenters. The van der Waals surface area contributed by atoms with Gasteiger partial charge in [0.2, 0.25) is 0 Å². The number of urea groups is 2. The second kappa shape index (κ2) is 17.9. The maximum absolute atomic E-state index is 14.0. The van der Waals surface area contributed by atoms with Crippen molar-refractivity contribution in [3.05, 3.63) is 132 Å². The Bertz CT molecular complexity index is 1630. The summed E-state index contributed by atoms with van der Waals surface area (Å²) in [4.78, 5) is 31.4. The zero-order valence-corrected chi connectivity index (χ0v) is 29.1. The van der Waals surface area contributed by atoms with Crippen LogP contribution in [-0.2, 0) is 0 Å². The van der Waals surface area contributed by atoms with Gasteiger partial charge in [0.15, 0.2) is 0 Å². The molecular formula is C41H49N5O4. The highest BCUT2D eigenvalue weighted by molar-refractivity contribution is 5.90. The van der Waals surface area contributed by atoms with Crippen molar-refractivity contribution in [3.63, 3.8) is 0 Å². The summed E-state index contributed by atoms with van der Waals surface area (Å²) in [5.41, 5.74) is 11.0. The van der Waals surface area contributed by atoms with Crippen molar-refractivity contribution in [1.29, 1.82) is 0 Å². The average molecular weight is 676 g/mol. The van der Waals surface area contributed by atoms with Gasteiger partial charge in [-0.25, -0.2) is 9.59 Å². The molecule has 2 atom stereocenters. The van der Waals surface area contributed by atoms with Gasteiger partial charge in [0.1, 0.15) is 11.5 Å². The third-order valence-corrected chi connectivity index (χ3v) is 9.31. The maximum atomic E-state index is 14.0. The summed E-state index contributed by atoms with van der Waals surface area (Å²) in [5.74, 6) is 1.49. The van der Waals surface area contributed by atoms with Crippen molar-refractivity contribution >= 4 is 23.4 Å². The summed E-state index contributed by atoms with van der Waals surface area (Å²) in [6.45, 7) is 5.37. The summed E-state index contributed by atoms with van der Waals surface area (Å²) in [6.07, 6.45) is 4.37. The molecule has 5 rings (SSSR count). The quantitative estimate of drug-likeness (QED) is 0.117. The van der Waals surface area contributed by atoms with Crippen LogP contribution in [0.5, 0.6) is 11.5 Å². The molecule has 1 saturated carbocycles. The third kappa shape index (κ3) is 9.89. The first-order valence-electron chi connectivity index (χ1n) is 17.3. The number of nitrogens with zero attached hydrogens (tertiary/aromatic N) is 2. The molecule has 9 nitrogen and oxygen atoms in total. The molecule has 0 bridgehead atoms. The Kier molecular flexibility index (Phi) is 12.9. The fourth-order valence-electron chi connectivity index (χ4n) is 6.61. The first kappa shape index (κ1) is 36.0. The highest BCUT2D eigenvalue weighted by Crippen LogP contribution is 2.29. The number of carbonyl (C=O) groups excluding carboxylic acids is 2. The highest BCUT2D eigenvalue weighted by Gasteiger charge is 2.32. The summed E-state index contributed by atoms with van der Waals surface area (Å²) in [6, 6.07) is 34.4. The van der Waals surface area contributed by atoms with Crippen LogP contribution < -0.4 is 25.8 Å². The Labute approximate surface area is 296 Å². The van der Waals surface area contributed by atoms with Crippen LogP contribution in [0.1, 0.15) is 49.1 Å². The number of ether oxygens (including phenoxy) is 2.